The zero-order valence-electron chi connectivity index (χ0n) is 39.0. The minimum absolute atomic E-state index is 0. The number of nitro benzene ring substituents is 2. The minimum atomic E-state index is -1.61. The average Bonchev–Trinajstić information content (AvgIpc) is 3.31. The van der Waals surface area contributed by atoms with E-state index >= 15 is 0 Å². The fourth-order valence-electron chi connectivity index (χ4n) is 4.98. The Morgan fingerprint density at radius 3 is 1.53 bits per heavy atom. The molecule has 22 nitrogen and oxygen atoms in total. The molecule has 0 radical (unpaired) electrons. The minimum Gasteiger partial charge on any atom is -0.549 e. The molecule has 2 unspecified atom stereocenters. The summed E-state index contributed by atoms with van der Waals surface area (Å²) in [4.78, 5) is 82.3. The number of terminal acetylenes is 2. The zero-order valence-corrected chi connectivity index (χ0v) is 43.0. The molecule has 2 aromatic carbocycles. The SMILES string of the molecule is C#CC#CC#CC#CC(CC(=O)OCCOCCOCCN(CCOCCOC(=O)CC(C#CC#CC#CC#C)C(=O)[O-])c1ccc(N=Nc2ccc([N+](=O)[O-])cc2[N+](=O)[O-])c(NC(C)=O)c1)C(=O)[O-].[Na+].[Na+]. The van der Waals surface area contributed by atoms with Gasteiger partial charge in [-0.15, -0.1) is 23.1 Å². The third-order valence-electron chi connectivity index (χ3n) is 8.10. The van der Waals surface area contributed by atoms with Crippen LogP contribution < -0.4 is 79.5 Å². The molecule has 0 aromatic heterocycles. The molecule has 0 fully saturated rings. The maximum absolute atomic E-state index is 12.3. The number of carboxylic acids is 2. The zero-order chi connectivity index (χ0) is 51.5. The number of nitrogens with zero attached hydrogens (tertiary/aromatic N) is 5. The number of carbonyl (C=O) groups is 5. The van der Waals surface area contributed by atoms with E-state index in [1.54, 1.807) is 11.0 Å². The van der Waals surface area contributed by atoms with E-state index in [0.717, 1.165) is 18.2 Å². The molecule has 0 saturated carbocycles. The van der Waals surface area contributed by atoms with E-state index in [2.05, 4.69) is 86.6 Å². The Hall–Kier alpha value is -7.65. The van der Waals surface area contributed by atoms with Gasteiger partial charge in [-0.2, -0.15) is 0 Å². The van der Waals surface area contributed by atoms with Gasteiger partial charge in [0.05, 0.1) is 97.9 Å². The van der Waals surface area contributed by atoms with Crippen molar-refractivity contribution in [3.63, 3.8) is 0 Å². The number of ether oxygens (including phenoxy) is 5. The summed E-state index contributed by atoms with van der Waals surface area (Å²) in [6.07, 6.45) is 8.72. The van der Waals surface area contributed by atoms with E-state index in [0.29, 0.717) is 5.69 Å². The summed E-state index contributed by atoms with van der Waals surface area (Å²) in [7, 11) is 0. The van der Waals surface area contributed by atoms with Gasteiger partial charge in [0.1, 0.15) is 18.9 Å². The quantitative estimate of drug-likeness (QED) is 0.0166. The van der Waals surface area contributed by atoms with E-state index in [9.17, 15) is 54.4 Å². The van der Waals surface area contributed by atoms with Crippen LogP contribution in [0.4, 0.5) is 34.1 Å². The van der Waals surface area contributed by atoms with Crippen LogP contribution in [0.25, 0.3) is 0 Å². The van der Waals surface area contributed by atoms with Crippen LogP contribution in [0, 0.1) is 128 Å². The molecule has 0 heterocycles. The molecule has 0 saturated heterocycles. The van der Waals surface area contributed by atoms with Gasteiger partial charge in [-0.25, -0.2) is 0 Å². The Labute approximate surface area is 457 Å². The van der Waals surface area contributed by atoms with Gasteiger partial charge in [-0.3, -0.25) is 34.6 Å². The maximum Gasteiger partial charge on any atom is 1.00 e. The first-order valence-electron chi connectivity index (χ1n) is 20.1. The molecule has 1 amide bonds. The number of non-ortho nitro benzene ring substituents is 1. The molecule has 0 aliphatic rings. The van der Waals surface area contributed by atoms with Crippen molar-refractivity contribution in [2.45, 2.75) is 19.8 Å². The Balaban J connectivity index is 0.0000252. The third kappa shape index (κ3) is 27.5. The van der Waals surface area contributed by atoms with Crippen LogP contribution in [0.2, 0.25) is 0 Å². The summed E-state index contributed by atoms with van der Waals surface area (Å²) in [5.41, 5.74) is -0.799. The van der Waals surface area contributed by atoms with Gasteiger partial charge in [-0.05, 0) is 95.3 Å². The molecule has 72 heavy (non-hydrogen) atoms. The normalized spacial score (nSPS) is 10.1. The smallest absolute Gasteiger partial charge is 0.549 e. The summed E-state index contributed by atoms with van der Waals surface area (Å²) in [6, 6.07) is 7.41. The van der Waals surface area contributed by atoms with Crippen LogP contribution in [0.3, 0.4) is 0 Å². The largest absolute Gasteiger partial charge is 1.00 e. The number of aliphatic carboxylic acids is 2. The number of esters is 2. The van der Waals surface area contributed by atoms with Crippen LogP contribution >= 0.6 is 0 Å². The van der Waals surface area contributed by atoms with Crippen molar-refractivity contribution in [1.29, 1.82) is 0 Å². The van der Waals surface area contributed by atoms with E-state index in [-0.39, 0.29) is 142 Å². The van der Waals surface area contributed by atoms with Crippen LogP contribution in [0.5, 0.6) is 0 Å². The fraction of sp³-hybridized carbons (Fsp3) is 0.312. The van der Waals surface area contributed by atoms with Gasteiger partial charge in [0.15, 0.2) is 5.69 Å². The molecule has 0 bridgehead atoms. The molecular formula is C48H38N6Na2O16. The standard InChI is InChI=1S/C48H40N6O16.2Na/c1-4-6-8-10-12-14-16-37(47(58)59)32-45(56)69-30-28-67-25-23-52(22-24-66-26-27-68-29-31-70-46(57)33-38(48(60)61)17-15-13-11-9-7-5-2)39-18-20-41(43(34-39)49-36(3)55)50-51-42-21-19-40(53(62)63)35-44(42)54(64)65;;/h1-2,18-21,34-35,37-38H,22-33H2,3H3,(H,49,55)(H,58,59)(H,60,61);;/q;2*+1/p-2. The molecule has 2 rings (SSSR count). The monoisotopic (exact) mass is 1000 g/mol. The number of carbonyl (C=O) groups excluding carboxylic acids is 5. The number of rotatable bonds is 27. The van der Waals surface area contributed by atoms with Gasteiger partial charge in [0.25, 0.3) is 5.69 Å². The number of azo groups is 1. The topological polar surface area (TPSA) is 304 Å². The number of anilines is 2. The van der Waals surface area contributed by atoms with Crippen LogP contribution in [-0.2, 0) is 47.7 Å². The van der Waals surface area contributed by atoms with E-state index < -0.39 is 75.7 Å². The number of benzene rings is 2. The van der Waals surface area contributed by atoms with E-state index in [4.69, 9.17) is 36.5 Å². The Kier molecular flexibility index (Phi) is 34.1. The molecule has 2 atom stereocenters. The van der Waals surface area contributed by atoms with Crippen molar-refractivity contribution >= 4 is 63.9 Å². The van der Waals surface area contributed by atoms with Gasteiger partial charge >= 0.3 is 76.7 Å². The Morgan fingerprint density at radius 1 is 0.625 bits per heavy atom. The van der Waals surface area contributed by atoms with Crippen LogP contribution in [0.1, 0.15) is 19.8 Å². The molecule has 2 aromatic rings. The number of amides is 1. The second-order valence-corrected chi connectivity index (χ2v) is 13.0. The first kappa shape index (κ1) is 64.3. The molecular weight excluding hydrogens is 963 g/mol. The number of nitro groups is 2. The van der Waals surface area contributed by atoms with E-state index in [1.165, 1.54) is 19.1 Å². The van der Waals surface area contributed by atoms with Gasteiger partial charge in [-0.1, -0.05) is 11.8 Å². The van der Waals surface area contributed by atoms with Gasteiger partial charge < -0.3 is 53.7 Å². The molecule has 0 spiro atoms. The number of carboxylic acid groups (broad SMARTS) is 2. The summed E-state index contributed by atoms with van der Waals surface area (Å²) in [6.45, 7) is 1.34. The first-order valence-corrected chi connectivity index (χ1v) is 20.1. The number of nitrogens with one attached hydrogen (secondary N) is 1. The first-order chi connectivity index (χ1) is 33.7. The van der Waals surface area contributed by atoms with Crippen molar-refractivity contribution in [3.05, 3.63) is 56.6 Å². The van der Waals surface area contributed by atoms with Gasteiger partial charge in [0, 0.05) is 31.8 Å². The number of hydrogen-bond acceptors (Lipinski definition) is 19. The fourth-order valence-corrected chi connectivity index (χ4v) is 4.98. The van der Waals surface area contributed by atoms with Crippen molar-refractivity contribution in [1.82, 2.24) is 0 Å². The molecule has 24 heteroatoms. The van der Waals surface area contributed by atoms with Crippen LogP contribution in [0.15, 0.2) is 46.6 Å². The molecule has 0 aliphatic carbocycles. The average molecular weight is 1000 g/mol. The second kappa shape index (κ2) is 38.1. The van der Waals surface area contributed by atoms with Crippen molar-refractivity contribution in [2.75, 3.05) is 76.2 Å². The summed E-state index contributed by atoms with van der Waals surface area (Å²) in [5.74, 6) is 22.9. The third-order valence-corrected chi connectivity index (χ3v) is 8.10. The summed E-state index contributed by atoms with van der Waals surface area (Å²) >= 11 is 0. The number of hydrogen-bond donors (Lipinski definition) is 1. The maximum atomic E-state index is 12.3. The van der Waals surface area contributed by atoms with Gasteiger partial charge in [0.2, 0.25) is 5.91 Å². The predicted molar refractivity (Wildman–Crippen MR) is 242 cm³/mol. The Bertz CT molecular complexity index is 2790. The van der Waals surface area contributed by atoms with Crippen molar-refractivity contribution in [2.24, 2.45) is 22.1 Å². The van der Waals surface area contributed by atoms with Crippen LogP contribution in [-0.4, -0.2) is 106 Å². The summed E-state index contributed by atoms with van der Waals surface area (Å²) in [5, 5.41) is 56.2. The second-order valence-electron chi connectivity index (χ2n) is 13.0. The molecule has 1 N–H and O–H groups in total. The van der Waals surface area contributed by atoms with Crippen molar-refractivity contribution in [3.8, 4) is 95.7 Å². The van der Waals surface area contributed by atoms with E-state index in [1.807, 2.05) is 11.8 Å². The summed E-state index contributed by atoms with van der Waals surface area (Å²) < 4.78 is 26.9. The Morgan fingerprint density at radius 2 is 1.07 bits per heavy atom. The van der Waals surface area contributed by atoms with Crippen molar-refractivity contribution < 1.29 is 127 Å². The predicted octanol–water partition coefficient (Wildman–Crippen LogP) is -5.37. The molecule has 358 valence electrons. The molecule has 0 aliphatic heterocycles.